The summed E-state index contributed by atoms with van der Waals surface area (Å²) >= 11 is 0. The van der Waals surface area contributed by atoms with Crippen molar-refractivity contribution in [2.24, 2.45) is 16.8 Å². The molecule has 7 nitrogen and oxygen atoms in total. The molecule has 1 aromatic carbocycles. The number of hydrogen-bond donors (Lipinski definition) is 3. The maximum atomic E-state index is 11.8. The fourth-order valence-electron chi connectivity index (χ4n) is 3.94. The molecule has 2 rings (SSSR count). The van der Waals surface area contributed by atoms with Crippen LogP contribution in [0.5, 0.6) is 0 Å². The molecule has 0 spiro atoms. The normalized spacial score (nSPS) is 16.4. The predicted octanol–water partition coefficient (Wildman–Crippen LogP) is 3.08. The van der Waals surface area contributed by atoms with Gasteiger partial charge in [0.15, 0.2) is 5.96 Å². The number of hydrogen-bond acceptors (Lipinski definition) is 4. The van der Waals surface area contributed by atoms with Crippen LogP contribution in [0.4, 0.5) is 5.69 Å². The number of aliphatic imine (C=N–C) groups is 1. The molecule has 7 heteroatoms. The summed E-state index contributed by atoms with van der Waals surface area (Å²) < 4.78 is 5.55. The Bertz CT molecular complexity index is 680. The third-order valence-electron chi connectivity index (χ3n) is 6.02. The SMILES string of the molecule is CCC(CC)C(CNC(=NC)NCc1ccc(NC(=O)C(C)C)cc1)N1CCOCC1. The summed E-state index contributed by atoms with van der Waals surface area (Å²) in [6.45, 7) is 13.5. The highest BCUT2D eigenvalue weighted by molar-refractivity contribution is 5.92. The van der Waals surface area contributed by atoms with Crippen LogP contribution < -0.4 is 16.0 Å². The van der Waals surface area contributed by atoms with Gasteiger partial charge in [0.05, 0.1) is 13.2 Å². The third-order valence-corrected chi connectivity index (χ3v) is 6.02. The van der Waals surface area contributed by atoms with Crippen molar-refractivity contribution in [1.29, 1.82) is 0 Å². The second-order valence-electron chi connectivity index (χ2n) is 8.44. The first kappa shape index (κ1) is 25.1. The Morgan fingerprint density at radius 1 is 1.10 bits per heavy atom. The van der Waals surface area contributed by atoms with Gasteiger partial charge in [-0.05, 0) is 23.6 Å². The molecular weight excluding hydrogens is 390 g/mol. The van der Waals surface area contributed by atoms with E-state index in [1.165, 1.54) is 12.8 Å². The zero-order valence-electron chi connectivity index (χ0n) is 19.9. The summed E-state index contributed by atoms with van der Waals surface area (Å²) in [5.41, 5.74) is 1.96. The zero-order valence-corrected chi connectivity index (χ0v) is 19.9. The standard InChI is InChI=1S/C24H41N5O2/c1-6-20(7-2)22(29-12-14-31-15-13-29)17-27-24(25-5)26-16-19-8-10-21(11-9-19)28-23(30)18(3)4/h8-11,18,20,22H,6-7,12-17H2,1-5H3,(H,28,30)(H2,25,26,27). The molecule has 174 valence electrons. The fourth-order valence-corrected chi connectivity index (χ4v) is 3.94. The van der Waals surface area contributed by atoms with E-state index in [9.17, 15) is 4.79 Å². The molecule has 0 aromatic heterocycles. The van der Waals surface area contributed by atoms with Crippen LogP contribution in [-0.4, -0.2) is 62.7 Å². The Morgan fingerprint density at radius 3 is 2.29 bits per heavy atom. The second kappa shape index (κ2) is 13.3. The van der Waals surface area contributed by atoms with Gasteiger partial charge in [0.2, 0.25) is 5.91 Å². The van der Waals surface area contributed by atoms with Gasteiger partial charge in [-0.3, -0.25) is 14.7 Å². The Labute approximate surface area is 188 Å². The van der Waals surface area contributed by atoms with Crippen molar-refractivity contribution in [3.8, 4) is 0 Å². The lowest BCUT2D eigenvalue weighted by molar-refractivity contribution is -0.118. The van der Waals surface area contributed by atoms with Gasteiger partial charge in [-0.25, -0.2) is 0 Å². The molecule has 31 heavy (non-hydrogen) atoms. The van der Waals surface area contributed by atoms with Crippen molar-refractivity contribution >= 4 is 17.6 Å². The molecule has 1 aliphatic rings. The summed E-state index contributed by atoms with van der Waals surface area (Å²) in [5, 5.41) is 9.86. The minimum atomic E-state index is -0.0305. The highest BCUT2D eigenvalue weighted by Gasteiger charge is 2.27. The Hall–Kier alpha value is -2.12. The largest absolute Gasteiger partial charge is 0.379 e. The van der Waals surface area contributed by atoms with Gasteiger partial charge in [-0.15, -0.1) is 0 Å². The first-order valence-corrected chi connectivity index (χ1v) is 11.6. The molecule has 1 heterocycles. The van der Waals surface area contributed by atoms with E-state index in [4.69, 9.17) is 4.74 Å². The van der Waals surface area contributed by atoms with Crippen molar-refractivity contribution in [3.05, 3.63) is 29.8 Å². The molecule has 1 unspecified atom stereocenters. The molecule has 0 radical (unpaired) electrons. The molecule has 1 aliphatic heterocycles. The van der Waals surface area contributed by atoms with E-state index < -0.39 is 0 Å². The molecule has 0 aliphatic carbocycles. The second-order valence-corrected chi connectivity index (χ2v) is 8.44. The van der Waals surface area contributed by atoms with Crippen LogP contribution in [0.2, 0.25) is 0 Å². The number of rotatable bonds is 10. The smallest absolute Gasteiger partial charge is 0.226 e. The first-order valence-electron chi connectivity index (χ1n) is 11.6. The minimum absolute atomic E-state index is 0.0303. The van der Waals surface area contributed by atoms with Crippen LogP contribution in [0.1, 0.15) is 46.1 Å². The van der Waals surface area contributed by atoms with Crippen molar-refractivity contribution in [1.82, 2.24) is 15.5 Å². The maximum Gasteiger partial charge on any atom is 0.226 e. The molecule has 1 aromatic rings. The minimum Gasteiger partial charge on any atom is -0.379 e. The first-order chi connectivity index (χ1) is 15.0. The zero-order chi connectivity index (χ0) is 22.6. The maximum absolute atomic E-state index is 11.8. The molecule has 1 saturated heterocycles. The van der Waals surface area contributed by atoms with E-state index in [0.717, 1.165) is 50.1 Å². The van der Waals surface area contributed by atoms with Crippen LogP contribution in [-0.2, 0) is 16.1 Å². The Morgan fingerprint density at radius 2 is 1.74 bits per heavy atom. The van der Waals surface area contributed by atoms with Gasteiger partial charge in [0.25, 0.3) is 0 Å². The van der Waals surface area contributed by atoms with E-state index in [-0.39, 0.29) is 11.8 Å². The van der Waals surface area contributed by atoms with E-state index >= 15 is 0 Å². The number of carbonyl (C=O) groups excluding carboxylic acids is 1. The van der Waals surface area contributed by atoms with Crippen LogP contribution in [0.25, 0.3) is 0 Å². The van der Waals surface area contributed by atoms with Gasteiger partial charge >= 0.3 is 0 Å². The highest BCUT2D eigenvalue weighted by atomic mass is 16.5. The molecule has 0 saturated carbocycles. The number of amides is 1. The summed E-state index contributed by atoms with van der Waals surface area (Å²) in [6, 6.07) is 8.40. The lowest BCUT2D eigenvalue weighted by Gasteiger charge is -2.39. The number of nitrogens with one attached hydrogen (secondary N) is 3. The molecule has 0 bridgehead atoms. The Balaban J connectivity index is 1.88. The number of guanidine groups is 1. The molecule has 3 N–H and O–H groups in total. The topological polar surface area (TPSA) is 78.0 Å². The van der Waals surface area contributed by atoms with E-state index in [1.807, 2.05) is 38.1 Å². The van der Waals surface area contributed by atoms with Crippen molar-refractivity contribution < 1.29 is 9.53 Å². The molecule has 1 atom stereocenters. The number of morpholine rings is 1. The van der Waals surface area contributed by atoms with Gasteiger partial charge in [0.1, 0.15) is 0 Å². The summed E-state index contributed by atoms with van der Waals surface area (Å²) in [7, 11) is 1.81. The summed E-state index contributed by atoms with van der Waals surface area (Å²) in [6.07, 6.45) is 2.35. The fraction of sp³-hybridized carbons (Fsp3) is 0.667. The van der Waals surface area contributed by atoms with Gasteiger partial charge in [-0.1, -0.05) is 52.7 Å². The quantitative estimate of drug-likeness (QED) is 0.392. The monoisotopic (exact) mass is 431 g/mol. The number of ether oxygens (including phenoxy) is 1. The number of anilines is 1. The number of nitrogens with zero attached hydrogens (tertiary/aromatic N) is 2. The molecule has 1 amide bonds. The van der Waals surface area contributed by atoms with Crippen molar-refractivity contribution in [2.75, 3.05) is 45.2 Å². The van der Waals surface area contributed by atoms with Gasteiger partial charge in [-0.2, -0.15) is 0 Å². The lowest BCUT2D eigenvalue weighted by atomic mass is 9.92. The van der Waals surface area contributed by atoms with Crippen molar-refractivity contribution in [2.45, 2.75) is 53.1 Å². The number of carbonyl (C=O) groups is 1. The average Bonchev–Trinajstić information content (AvgIpc) is 2.80. The van der Waals surface area contributed by atoms with E-state index in [2.05, 4.69) is 39.7 Å². The van der Waals surface area contributed by atoms with E-state index in [1.54, 1.807) is 7.05 Å². The van der Waals surface area contributed by atoms with E-state index in [0.29, 0.717) is 18.5 Å². The summed E-state index contributed by atoms with van der Waals surface area (Å²) in [4.78, 5) is 18.8. The molecule has 1 fully saturated rings. The van der Waals surface area contributed by atoms with Crippen LogP contribution in [0, 0.1) is 11.8 Å². The third kappa shape index (κ3) is 8.15. The number of benzene rings is 1. The Kier molecular flexibility index (Phi) is 10.8. The molecular formula is C24H41N5O2. The van der Waals surface area contributed by atoms with Gasteiger partial charge in [0, 0.05) is 50.9 Å². The van der Waals surface area contributed by atoms with Crippen LogP contribution >= 0.6 is 0 Å². The predicted molar refractivity (Wildman–Crippen MR) is 128 cm³/mol. The van der Waals surface area contributed by atoms with Crippen LogP contribution in [0.3, 0.4) is 0 Å². The van der Waals surface area contributed by atoms with Crippen molar-refractivity contribution in [3.63, 3.8) is 0 Å². The average molecular weight is 432 g/mol. The lowest BCUT2D eigenvalue weighted by Crippen LogP contribution is -2.53. The van der Waals surface area contributed by atoms with Gasteiger partial charge < -0.3 is 20.7 Å². The highest BCUT2D eigenvalue weighted by Crippen LogP contribution is 2.19. The summed E-state index contributed by atoms with van der Waals surface area (Å²) in [5.74, 6) is 1.46. The van der Waals surface area contributed by atoms with Crippen LogP contribution in [0.15, 0.2) is 29.3 Å².